The molecule has 0 saturated carbocycles. The first-order valence-corrected chi connectivity index (χ1v) is 7.02. The van der Waals surface area contributed by atoms with E-state index < -0.39 is 0 Å². The van der Waals surface area contributed by atoms with Crippen molar-refractivity contribution in [1.29, 1.82) is 0 Å². The Labute approximate surface area is 122 Å². The SMILES string of the molecule is Cn1c(CNCC2(CO)COC2)nc2cc(Cl)ccc21. The zero-order valence-corrected chi connectivity index (χ0v) is 12.2. The molecule has 3 rings (SSSR count). The van der Waals surface area contributed by atoms with Crippen molar-refractivity contribution in [3.05, 3.63) is 29.0 Å². The number of aryl methyl sites for hydroxylation is 1. The van der Waals surface area contributed by atoms with E-state index in [4.69, 9.17) is 16.3 Å². The second-order valence-corrected chi connectivity index (χ2v) is 5.91. The van der Waals surface area contributed by atoms with E-state index in [-0.39, 0.29) is 12.0 Å². The molecule has 0 radical (unpaired) electrons. The normalized spacial score (nSPS) is 17.4. The van der Waals surface area contributed by atoms with Crippen LogP contribution in [0.1, 0.15) is 5.82 Å². The zero-order chi connectivity index (χ0) is 14.2. The van der Waals surface area contributed by atoms with Crippen LogP contribution >= 0.6 is 11.6 Å². The third-order valence-electron chi connectivity index (χ3n) is 3.87. The van der Waals surface area contributed by atoms with Crippen molar-refractivity contribution < 1.29 is 9.84 Å². The third-order valence-corrected chi connectivity index (χ3v) is 4.11. The molecule has 5 nitrogen and oxygen atoms in total. The fourth-order valence-electron chi connectivity index (χ4n) is 2.46. The Morgan fingerprint density at radius 1 is 1.50 bits per heavy atom. The summed E-state index contributed by atoms with van der Waals surface area (Å²) in [5.74, 6) is 0.954. The number of nitrogens with zero attached hydrogens (tertiary/aromatic N) is 2. The molecule has 108 valence electrons. The van der Waals surface area contributed by atoms with Gasteiger partial charge in [-0.3, -0.25) is 0 Å². The third kappa shape index (κ3) is 2.42. The van der Waals surface area contributed by atoms with Gasteiger partial charge in [0.15, 0.2) is 0 Å². The van der Waals surface area contributed by atoms with Gasteiger partial charge in [-0.25, -0.2) is 4.98 Å². The Morgan fingerprint density at radius 2 is 2.30 bits per heavy atom. The lowest BCUT2D eigenvalue weighted by atomic mass is 9.87. The van der Waals surface area contributed by atoms with Gasteiger partial charge in [-0.2, -0.15) is 0 Å². The van der Waals surface area contributed by atoms with Crippen LogP contribution in [0.3, 0.4) is 0 Å². The average molecular weight is 296 g/mol. The van der Waals surface area contributed by atoms with E-state index in [9.17, 15) is 5.11 Å². The summed E-state index contributed by atoms with van der Waals surface area (Å²) in [4.78, 5) is 4.58. The van der Waals surface area contributed by atoms with Gasteiger partial charge >= 0.3 is 0 Å². The van der Waals surface area contributed by atoms with E-state index in [0.717, 1.165) is 23.4 Å². The van der Waals surface area contributed by atoms with Gasteiger partial charge in [-0.05, 0) is 18.2 Å². The first-order chi connectivity index (χ1) is 9.63. The van der Waals surface area contributed by atoms with Gasteiger partial charge in [0.25, 0.3) is 0 Å². The standard InChI is InChI=1S/C14H18ClN3O2/c1-18-12-3-2-10(15)4-11(12)17-13(18)5-16-6-14(7-19)8-20-9-14/h2-4,16,19H,5-9H2,1H3. The highest BCUT2D eigenvalue weighted by molar-refractivity contribution is 6.31. The summed E-state index contributed by atoms with van der Waals surface area (Å²) >= 11 is 5.98. The molecule has 0 spiro atoms. The van der Waals surface area contributed by atoms with Crippen molar-refractivity contribution in [2.45, 2.75) is 6.54 Å². The molecule has 20 heavy (non-hydrogen) atoms. The number of nitrogens with one attached hydrogen (secondary N) is 1. The smallest absolute Gasteiger partial charge is 0.123 e. The number of aliphatic hydroxyl groups excluding tert-OH is 1. The number of halogens is 1. The van der Waals surface area contributed by atoms with Crippen molar-refractivity contribution >= 4 is 22.6 Å². The van der Waals surface area contributed by atoms with Crippen LogP contribution < -0.4 is 5.32 Å². The summed E-state index contributed by atoms with van der Waals surface area (Å²) < 4.78 is 7.24. The molecule has 1 aromatic carbocycles. The lowest BCUT2D eigenvalue weighted by Gasteiger charge is -2.39. The Balaban J connectivity index is 1.70. The van der Waals surface area contributed by atoms with E-state index >= 15 is 0 Å². The Hall–Kier alpha value is -1.14. The van der Waals surface area contributed by atoms with Gasteiger partial charge < -0.3 is 19.7 Å². The summed E-state index contributed by atoms with van der Waals surface area (Å²) in [7, 11) is 1.99. The van der Waals surface area contributed by atoms with Crippen molar-refractivity contribution in [2.75, 3.05) is 26.4 Å². The van der Waals surface area contributed by atoms with Gasteiger partial charge in [-0.1, -0.05) is 11.6 Å². The second-order valence-electron chi connectivity index (χ2n) is 5.47. The molecule has 1 saturated heterocycles. The minimum atomic E-state index is -0.117. The number of aromatic nitrogens is 2. The molecule has 2 N–H and O–H groups in total. The lowest BCUT2D eigenvalue weighted by molar-refractivity contribution is -0.134. The Bertz CT molecular complexity index is 617. The molecule has 0 aliphatic carbocycles. The van der Waals surface area contributed by atoms with Gasteiger partial charge in [0.2, 0.25) is 0 Å². The number of hydrogen-bond donors (Lipinski definition) is 2. The predicted octanol–water partition coefficient (Wildman–Crippen LogP) is 1.33. The van der Waals surface area contributed by atoms with Gasteiger partial charge in [0, 0.05) is 18.6 Å². The largest absolute Gasteiger partial charge is 0.396 e. The molecule has 1 aliphatic heterocycles. The molecule has 0 atom stereocenters. The van der Waals surface area contributed by atoms with E-state index in [1.807, 2.05) is 25.2 Å². The van der Waals surface area contributed by atoms with Crippen LogP contribution in [0.25, 0.3) is 11.0 Å². The number of fused-ring (bicyclic) bond motifs is 1. The number of aliphatic hydroxyl groups is 1. The molecule has 1 fully saturated rings. The monoisotopic (exact) mass is 295 g/mol. The minimum Gasteiger partial charge on any atom is -0.396 e. The molecule has 2 aromatic rings. The number of ether oxygens (including phenoxy) is 1. The molecule has 0 amide bonds. The van der Waals surface area contributed by atoms with Crippen molar-refractivity contribution in [3.63, 3.8) is 0 Å². The summed E-state index contributed by atoms with van der Waals surface area (Å²) in [6, 6.07) is 5.72. The number of rotatable bonds is 5. The zero-order valence-electron chi connectivity index (χ0n) is 11.4. The van der Waals surface area contributed by atoms with Crippen LogP contribution in [-0.2, 0) is 18.3 Å². The van der Waals surface area contributed by atoms with Gasteiger partial charge in [-0.15, -0.1) is 0 Å². The summed E-state index contributed by atoms with van der Waals surface area (Å²) in [6.45, 7) is 2.78. The molecule has 1 aromatic heterocycles. The maximum absolute atomic E-state index is 9.38. The molecular weight excluding hydrogens is 278 g/mol. The lowest BCUT2D eigenvalue weighted by Crippen LogP contribution is -2.52. The van der Waals surface area contributed by atoms with E-state index in [1.165, 1.54) is 0 Å². The highest BCUT2D eigenvalue weighted by atomic mass is 35.5. The van der Waals surface area contributed by atoms with Crippen LogP contribution in [-0.4, -0.2) is 41.0 Å². The minimum absolute atomic E-state index is 0.117. The highest BCUT2D eigenvalue weighted by Gasteiger charge is 2.37. The van der Waals surface area contributed by atoms with Crippen molar-refractivity contribution in [3.8, 4) is 0 Å². The molecule has 2 heterocycles. The van der Waals surface area contributed by atoms with Crippen LogP contribution in [0.15, 0.2) is 18.2 Å². The summed E-state index contributed by atoms with van der Waals surface area (Å²) in [5.41, 5.74) is 1.85. The molecular formula is C14H18ClN3O2. The second kappa shape index (κ2) is 5.33. The summed E-state index contributed by atoms with van der Waals surface area (Å²) in [6.07, 6.45) is 0. The highest BCUT2D eigenvalue weighted by Crippen LogP contribution is 2.26. The topological polar surface area (TPSA) is 59.3 Å². The quantitative estimate of drug-likeness (QED) is 0.874. The van der Waals surface area contributed by atoms with E-state index in [0.29, 0.717) is 24.8 Å². The Kier molecular flexibility index (Phi) is 3.69. The molecule has 0 bridgehead atoms. The van der Waals surface area contributed by atoms with Crippen LogP contribution in [0.5, 0.6) is 0 Å². The first-order valence-electron chi connectivity index (χ1n) is 6.64. The van der Waals surface area contributed by atoms with Crippen molar-refractivity contribution in [2.24, 2.45) is 12.5 Å². The summed E-state index contributed by atoms with van der Waals surface area (Å²) in [5, 5.41) is 13.4. The fourth-order valence-corrected chi connectivity index (χ4v) is 2.63. The van der Waals surface area contributed by atoms with Crippen LogP contribution in [0, 0.1) is 5.41 Å². The maximum Gasteiger partial charge on any atom is 0.123 e. The number of hydrogen-bond acceptors (Lipinski definition) is 4. The van der Waals surface area contributed by atoms with E-state index in [2.05, 4.69) is 14.9 Å². The van der Waals surface area contributed by atoms with Crippen molar-refractivity contribution in [1.82, 2.24) is 14.9 Å². The maximum atomic E-state index is 9.38. The molecule has 0 unspecified atom stereocenters. The van der Waals surface area contributed by atoms with Crippen LogP contribution in [0.4, 0.5) is 0 Å². The van der Waals surface area contributed by atoms with Gasteiger partial charge in [0.1, 0.15) is 5.82 Å². The fraction of sp³-hybridized carbons (Fsp3) is 0.500. The molecule has 1 aliphatic rings. The number of imidazole rings is 1. The van der Waals surface area contributed by atoms with Crippen LogP contribution in [0.2, 0.25) is 5.02 Å². The number of benzene rings is 1. The Morgan fingerprint density at radius 3 is 2.95 bits per heavy atom. The van der Waals surface area contributed by atoms with E-state index in [1.54, 1.807) is 0 Å². The van der Waals surface area contributed by atoms with Gasteiger partial charge in [0.05, 0.1) is 42.8 Å². The predicted molar refractivity (Wildman–Crippen MR) is 77.8 cm³/mol. The first kappa shape index (κ1) is 13.8. The molecule has 6 heteroatoms. The average Bonchev–Trinajstić information content (AvgIpc) is 2.69.